The zero-order valence-electron chi connectivity index (χ0n) is 6.96. The molecule has 0 amide bonds. The van der Waals surface area contributed by atoms with Crippen LogP contribution in [0.2, 0.25) is 0 Å². The lowest BCUT2D eigenvalue weighted by Crippen LogP contribution is -2.18. The van der Waals surface area contributed by atoms with Gasteiger partial charge < -0.3 is 9.55 Å². The van der Waals surface area contributed by atoms with Crippen LogP contribution in [0.25, 0.3) is 11.0 Å². The summed E-state index contributed by atoms with van der Waals surface area (Å²) in [5.74, 6) is 0. The summed E-state index contributed by atoms with van der Waals surface area (Å²) in [6, 6.07) is 1.96. The van der Waals surface area contributed by atoms with E-state index in [0.717, 1.165) is 11.1 Å². The molecule has 12 heavy (non-hydrogen) atoms. The number of aromatic amines is 1. The van der Waals surface area contributed by atoms with Crippen molar-refractivity contribution < 1.29 is 0 Å². The molecule has 0 atom stereocenters. The lowest BCUT2D eigenvalue weighted by Gasteiger charge is -1.93. The van der Waals surface area contributed by atoms with Gasteiger partial charge in [-0.15, -0.1) is 0 Å². The van der Waals surface area contributed by atoms with Gasteiger partial charge >= 0.3 is 5.69 Å². The van der Waals surface area contributed by atoms with Crippen LogP contribution in [0.1, 0.15) is 5.69 Å². The fraction of sp³-hybridized carbons (Fsp3) is 0.250. The van der Waals surface area contributed by atoms with E-state index in [1.165, 1.54) is 4.57 Å². The second-order valence-corrected chi connectivity index (χ2v) is 2.89. The number of fused-ring (bicyclic) bond motifs is 1. The van der Waals surface area contributed by atoms with Gasteiger partial charge in [-0.25, -0.2) is 4.79 Å². The van der Waals surface area contributed by atoms with E-state index in [4.69, 9.17) is 0 Å². The minimum Gasteiger partial charge on any atom is -0.343 e. The van der Waals surface area contributed by atoms with Crippen LogP contribution in [0.5, 0.6) is 0 Å². The highest BCUT2D eigenvalue weighted by molar-refractivity contribution is 5.75. The van der Waals surface area contributed by atoms with Gasteiger partial charge in [-0.2, -0.15) is 4.98 Å². The maximum absolute atomic E-state index is 11.1. The SMILES string of the molecule is Cc1cc2cn(C)c(=O)nc2[nH]1. The Labute approximate surface area is 68.9 Å². The second-order valence-electron chi connectivity index (χ2n) is 2.89. The van der Waals surface area contributed by atoms with Crippen molar-refractivity contribution in [2.45, 2.75) is 6.92 Å². The summed E-state index contributed by atoms with van der Waals surface area (Å²) in [6.07, 6.45) is 1.77. The Bertz CT molecular complexity index is 480. The molecule has 0 aliphatic heterocycles. The molecule has 0 saturated carbocycles. The van der Waals surface area contributed by atoms with Gasteiger partial charge in [0, 0.05) is 24.3 Å². The average Bonchev–Trinajstić information content (AvgIpc) is 2.30. The van der Waals surface area contributed by atoms with Gasteiger partial charge in [-0.1, -0.05) is 0 Å². The van der Waals surface area contributed by atoms with Crippen molar-refractivity contribution in [2.75, 3.05) is 0 Å². The minimum atomic E-state index is -0.232. The maximum atomic E-state index is 11.1. The summed E-state index contributed by atoms with van der Waals surface area (Å²) in [5.41, 5.74) is 1.45. The van der Waals surface area contributed by atoms with E-state index >= 15 is 0 Å². The molecule has 0 spiro atoms. The molecule has 0 saturated heterocycles. The highest BCUT2D eigenvalue weighted by Crippen LogP contribution is 2.08. The minimum absolute atomic E-state index is 0.232. The van der Waals surface area contributed by atoms with Crippen molar-refractivity contribution in [3.05, 3.63) is 28.4 Å². The Hall–Kier alpha value is -1.58. The normalized spacial score (nSPS) is 10.8. The van der Waals surface area contributed by atoms with Gasteiger partial charge in [0.05, 0.1) is 0 Å². The van der Waals surface area contributed by atoms with E-state index in [0.29, 0.717) is 5.65 Å². The number of hydrogen-bond donors (Lipinski definition) is 1. The Balaban J connectivity index is 2.92. The monoisotopic (exact) mass is 163 g/mol. The largest absolute Gasteiger partial charge is 0.349 e. The van der Waals surface area contributed by atoms with Gasteiger partial charge in [0.25, 0.3) is 0 Å². The van der Waals surface area contributed by atoms with Gasteiger partial charge in [-0.3, -0.25) is 0 Å². The third-order valence-corrected chi connectivity index (χ3v) is 1.80. The number of rotatable bonds is 0. The zero-order valence-corrected chi connectivity index (χ0v) is 6.96. The molecule has 62 valence electrons. The highest BCUT2D eigenvalue weighted by Gasteiger charge is 2.00. The molecule has 0 radical (unpaired) electrons. The summed E-state index contributed by atoms with van der Waals surface area (Å²) in [5, 5.41) is 0.967. The van der Waals surface area contributed by atoms with E-state index in [9.17, 15) is 4.79 Å². The summed E-state index contributed by atoms with van der Waals surface area (Å²) in [4.78, 5) is 17.9. The van der Waals surface area contributed by atoms with Crippen LogP contribution in [0.4, 0.5) is 0 Å². The number of H-pyrrole nitrogens is 1. The Morgan fingerprint density at radius 1 is 1.58 bits per heavy atom. The highest BCUT2D eigenvalue weighted by atomic mass is 16.1. The topological polar surface area (TPSA) is 50.7 Å². The molecule has 0 bridgehead atoms. The Morgan fingerprint density at radius 2 is 2.33 bits per heavy atom. The fourth-order valence-electron chi connectivity index (χ4n) is 1.23. The third-order valence-electron chi connectivity index (χ3n) is 1.80. The van der Waals surface area contributed by atoms with Crippen molar-refractivity contribution in [3.8, 4) is 0 Å². The maximum Gasteiger partial charge on any atom is 0.349 e. The van der Waals surface area contributed by atoms with Crippen LogP contribution in [0.3, 0.4) is 0 Å². The van der Waals surface area contributed by atoms with Gasteiger partial charge in [0.1, 0.15) is 5.65 Å². The molecule has 4 nitrogen and oxygen atoms in total. The smallest absolute Gasteiger partial charge is 0.343 e. The van der Waals surface area contributed by atoms with E-state index in [-0.39, 0.29) is 5.69 Å². The molecule has 2 heterocycles. The number of aryl methyl sites for hydroxylation is 2. The van der Waals surface area contributed by atoms with Crippen LogP contribution in [0.15, 0.2) is 17.1 Å². The number of nitrogens with one attached hydrogen (secondary N) is 1. The number of aromatic nitrogens is 3. The fourth-order valence-corrected chi connectivity index (χ4v) is 1.23. The lowest BCUT2D eigenvalue weighted by molar-refractivity contribution is 0.825. The molecule has 1 N–H and O–H groups in total. The van der Waals surface area contributed by atoms with Crippen molar-refractivity contribution in [1.29, 1.82) is 0 Å². The van der Waals surface area contributed by atoms with Crippen molar-refractivity contribution in [2.24, 2.45) is 7.05 Å². The van der Waals surface area contributed by atoms with Gasteiger partial charge in [-0.05, 0) is 13.0 Å². The van der Waals surface area contributed by atoms with Gasteiger partial charge in [0.2, 0.25) is 0 Å². The summed E-state index contributed by atoms with van der Waals surface area (Å²) < 4.78 is 1.47. The molecule has 0 aromatic carbocycles. The van der Waals surface area contributed by atoms with Crippen LogP contribution in [0, 0.1) is 6.92 Å². The third kappa shape index (κ3) is 0.922. The molecule has 0 aliphatic rings. The van der Waals surface area contributed by atoms with E-state index in [2.05, 4.69) is 9.97 Å². The molecule has 2 rings (SSSR count). The standard InChI is InChI=1S/C8H9N3O/c1-5-3-6-4-11(2)8(12)10-7(6)9-5/h3-4H,1-2H3,(H,9,10,12). The van der Waals surface area contributed by atoms with Crippen LogP contribution >= 0.6 is 0 Å². The van der Waals surface area contributed by atoms with E-state index in [1.54, 1.807) is 13.2 Å². The summed E-state index contributed by atoms with van der Waals surface area (Å²) in [6.45, 7) is 1.94. The quantitative estimate of drug-likeness (QED) is 0.617. The Kier molecular flexibility index (Phi) is 1.30. The van der Waals surface area contributed by atoms with E-state index in [1.807, 2.05) is 13.0 Å². The van der Waals surface area contributed by atoms with Gasteiger partial charge in [0.15, 0.2) is 0 Å². The molecule has 2 aromatic rings. The molecule has 0 unspecified atom stereocenters. The molecular formula is C8H9N3O. The zero-order chi connectivity index (χ0) is 8.72. The van der Waals surface area contributed by atoms with Crippen LogP contribution in [-0.2, 0) is 7.05 Å². The molecule has 0 aliphatic carbocycles. The van der Waals surface area contributed by atoms with E-state index < -0.39 is 0 Å². The van der Waals surface area contributed by atoms with Crippen molar-refractivity contribution >= 4 is 11.0 Å². The first-order valence-corrected chi connectivity index (χ1v) is 3.70. The average molecular weight is 163 g/mol. The molecule has 2 aromatic heterocycles. The molecular weight excluding hydrogens is 154 g/mol. The van der Waals surface area contributed by atoms with Crippen molar-refractivity contribution in [3.63, 3.8) is 0 Å². The second kappa shape index (κ2) is 2.20. The summed E-state index contributed by atoms with van der Waals surface area (Å²) >= 11 is 0. The first-order valence-electron chi connectivity index (χ1n) is 3.70. The number of nitrogens with zero attached hydrogens (tertiary/aromatic N) is 2. The summed E-state index contributed by atoms with van der Waals surface area (Å²) in [7, 11) is 1.69. The number of hydrogen-bond acceptors (Lipinski definition) is 2. The van der Waals surface area contributed by atoms with Crippen molar-refractivity contribution in [1.82, 2.24) is 14.5 Å². The lowest BCUT2D eigenvalue weighted by atomic mass is 10.4. The first-order chi connectivity index (χ1) is 5.66. The first kappa shape index (κ1) is 7.09. The molecule has 4 heteroatoms. The predicted octanol–water partition coefficient (Wildman–Crippen LogP) is 0.570. The Morgan fingerprint density at radius 3 is 3.08 bits per heavy atom. The predicted molar refractivity (Wildman–Crippen MR) is 46.1 cm³/mol. The van der Waals surface area contributed by atoms with Crippen LogP contribution < -0.4 is 5.69 Å². The molecule has 0 fully saturated rings. The van der Waals surface area contributed by atoms with Crippen LogP contribution in [-0.4, -0.2) is 14.5 Å².